The van der Waals surface area contributed by atoms with Gasteiger partial charge in [-0.25, -0.2) is 4.98 Å². The third kappa shape index (κ3) is 3.38. The van der Waals surface area contributed by atoms with Crippen molar-refractivity contribution >= 4 is 5.95 Å². The molecule has 0 amide bonds. The molecule has 0 aromatic carbocycles. The maximum atomic E-state index is 4.39. The molecular weight excluding hydrogens is 212 g/mol. The molecule has 1 N–H and O–H groups in total. The first-order valence-electron chi connectivity index (χ1n) is 6.57. The van der Waals surface area contributed by atoms with Crippen LogP contribution in [-0.4, -0.2) is 21.7 Å². The van der Waals surface area contributed by atoms with Crippen LogP contribution in [0.3, 0.4) is 0 Å². The first kappa shape index (κ1) is 12.3. The van der Waals surface area contributed by atoms with E-state index in [1.165, 1.54) is 25.7 Å². The Morgan fingerprint density at radius 2 is 2.00 bits per heavy atom. The number of nitrogens with one attached hydrogen (secondary N) is 1. The third-order valence-corrected chi connectivity index (χ3v) is 3.69. The molecule has 94 valence electrons. The lowest BCUT2D eigenvalue weighted by Gasteiger charge is -2.26. The van der Waals surface area contributed by atoms with Gasteiger partial charge >= 0.3 is 0 Å². The normalized spacial score (nSPS) is 24.6. The van der Waals surface area contributed by atoms with E-state index in [1.54, 1.807) is 0 Å². The monoisotopic (exact) mass is 234 g/mol. The van der Waals surface area contributed by atoms with Gasteiger partial charge in [-0.05, 0) is 38.5 Å². The second-order valence-electron chi connectivity index (χ2n) is 5.32. The number of hydrogen-bond acceptors (Lipinski definition) is 4. The predicted octanol–water partition coefficient (Wildman–Crippen LogP) is 2.73. The average Bonchev–Trinajstić information content (AvgIpc) is 2.31. The average molecular weight is 234 g/mol. The van der Waals surface area contributed by atoms with Crippen molar-refractivity contribution in [1.82, 2.24) is 15.2 Å². The molecule has 0 saturated heterocycles. The summed E-state index contributed by atoms with van der Waals surface area (Å²) in [6.07, 6.45) is 5.40. The Kier molecular flexibility index (Phi) is 3.92. The van der Waals surface area contributed by atoms with Crippen LogP contribution >= 0.6 is 0 Å². The summed E-state index contributed by atoms with van der Waals surface area (Å²) in [7, 11) is 0. The molecule has 2 rings (SSSR count). The van der Waals surface area contributed by atoms with Crippen molar-refractivity contribution in [2.45, 2.75) is 46.5 Å². The van der Waals surface area contributed by atoms with Gasteiger partial charge in [0.15, 0.2) is 0 Å². The summed E-state index contributed by atoms with van der Waals surface area (Å²) in [5, 5.41) is 11.5. The molecule has 1 aliphatic carbocycles. The van der Waals surface area contributed by atoms with Crippen LogP contribution in [0.2, 0.25) is 0 Å². The number of aromatic nitrogens is 3. The van der Waals surface area contributed by atoms with Gasteiger partial charge in [-0.3, -0.25) is 0 Å². The second-order valence-corrected chi connectivity index (χ2v) is 5.32. The van der Waals surface area contributed by atoms with Crippen LogP contribution in [0.5, 0.6) is 0 Å². The van der Waals surface area contributed by atoms with Gasteiger partial charge in [-0.1, -0.05) is 19.8 Å². The fourth-order valence-corrected chi connectivity index (χ4v) is 2.51. The van der Waals surface area contributed by atoms with E-state index in [2.05, 4.69) is 27.4 Å². The van der Waals surface area contributed by atoms with Crippen molar-refractivity contribution in [2.75, 3.05) is 11.9 Å². The van der Waals surface area contributed by atoms with Gasteiger partial charge in [0.05, 0.1) is 11.4 Å². The highest BCUT2D eigenvalue weighted by Gasteiger charge is 2.18. The highest BCUT2D eigenvalue weighted by molar-refractivity contribution is 5.24. The highest BCUT2D eigenvalue weighted by Crippen LogP contribution is 2.28. The van der Waals surface area contributed by atoms with Gasteiger partial charge in [-0.15, -0.1) is 5.10 Å². The Morgan fingerprint density at radius 1 is 1.18 bits per heavy atom. The quantitative estimate of drug-likeness (QED) is 0.873. The van der Waals surface area contributed by atoms with Crippen molar-refractivity contribution in [1.29, 1.82) is 0 Å². The molecule has 0 bridgehead atoms. The molecular formula is C13H22N4. The van der Waals surface area contributed by atoms with Crippen LogP contribution in [0.1, 0.15) is 44.0 Å². The number of anilines is 1. The Morgan fingerprint density at radius 3 is 2.71 bits per heavy atom. The van der Waals surface area contributed by atoms with E-state index in [0.29, 0.717) is 5.95 Å². The molecule has 2 atom stereocenters. The Bertz CT molecular complexity index is 378. The van der Waals surface area contributed by atoms with Crippen LogP contribution in [0.25, 0.3) is 0 Å². The van der Waals surface area contributed by atoms with E-state index in [9.17, 15) is 0 Å². The largest absolute Gasteiger partial charge is 0.353 e. The topological polar surface area (TPSA) is 50.7 Å². The Labute approximate surface area is 103 Å². The molecule has 1 aliphatic rings. The van der Waals surface area contributed by atoms with Crippen molar-refractivity contribution < 1.29 is 0 Å². The lowest BCUT2D eigenvalue weighted by atomic mass is 9.82. The molecule has 0 radical (unpaired) electrons. The first-order chi connectivity index (χ1) is 8.15. The zero-order chi connectivity index (χ0) is 12.3. The molecule has 2 unspecified atom stereocenters. The lowest BCUT2D eigenvalue weighted by molar-refractivity contribution is 0.293. The predicted molar refractivity (Wildman–Crippen MR) is 68.9 cm³/mol. The smallest absolute Gasteiger partial charge is 0.242 e. The summed E-state index contributed by atoms with van der Waals surface area (Å²) in [6, 6.07) is 0. The summed E-state index contributed by atoms with van der Waals surface area (Å²) in [5.41, 5.74) is 1.86. The number of nitrogens with zero attached hydrogens (tertiary/aromatic N) is 3. The van der Waals surface area contributed by atoms with Crippen LogP contribution in [0.15, 0.2) is 0 Å². The molecule has 0 aliphatic heterocycles. The fourth-order valence-electron chi connectivity index (χ4n) is 2.51. The molecule has 1 aromatic rings. The van der Waals surface area contributed by atoms with Crippen LogP contribution < -0.4 is 5.32 Å². The minimum atomic E-state index is 0.673. The third-order valence-electron chi connectivity index (χ3n) is 3.69. The van der Waals surface area contributed by atoms with Gasteiger partial charge < -0.3 is 5.32 Å². The number of rotatable bonds is 3. The summed E-state index contributed by atoms with van der Waals surface area (Å²) in [6.45, 7) is 7.23. The molecule has 1 saturated carbocycles. The maximum absolute atomic E-state index is 4.39. The van der Waals surface area contributed by atoms with E-state index in [0.717, 1.165) is 29.8 Å². The second kappa shape index (κ2) is 5.43. The molecule has 1 heterocycles. The molecule has 1 fully saturated rings. The zero-order valence-electron chi connectivity index (χ0n) is 11.0. The summed E-state index contributed by atoms with van der Waals surface area (Å²) < 4.78 is 0. The number of hydrogen-bond donors (Lipinski definition) is 1. The van der Waals surface area contributed by atoms with E-state index in [-0.39, 0.29) is 0 Å². The van der Waals surface area contributed by atoms with Gasteiger partial charge in [0.2, 0.25) is 5.95 Å². The highest BCUT2D eigenvalue weighted by atomic mass is 15.2. The zero-order valence-corrected chi connectivity index (χ0v) is 11.0. The van der Waals surface area contributed by atoms with Crippen molar-refractivity contribution in [3.63, 3.8) is 0 Å². The van der Waals surface area contributed by atoms with Crippen LogP contribution in [-0.2, 0) is 0 Å². The first-order valence-corrected chi connectivity index (χ1v) is 6.57. The van der Waals surface area contributed by atoms with Crippen molar-refractivity contribution in [2.24, 2.45) is 11.8 Å². The summed E-state index contributed by atoms with van der Waals surface area (Å²) in [5.74, 6) is 2.31. The van der Waals surface area contributed by atoms with E-state index in [4.69, 9.17) is 0 Å². The lowest BCUT2D eigenvalue weighted by Crippen LogP contribution is -2.22. The van der Waals surface area contributed by atoms with Gasteiger partial charge in [0, 0.05) is 6.54 Å². The van der Waals surface area contributed by atoms with Crippen LogP contribution in [0, 0.1) is 25.7 Å². The van der Waals surface area contributed by atoms with Crippen LogP contribution in [0.4, 0.5) is 5.95 Å². The molecule has 4 heteroatoms. The molecule has 1 aromatic heterocycles. The maximum Gasteiger partial charge on any atom is 0.242 e. The van der Waals surface area contributed by atoms with Gasteiger partial charge in [-0.2, -0.15) is 5.10 Å². The summed E-state index contributed by atoms with van der Waals surface area (Å²) >= 11 is 0. The van der Waals surface area contributed by atoms with Gasteiger partial charge in [0.25, 0.3) is 0 Å². The van der Waals surface area contributed by atoms with Gasteiger partial charge in [0.1, 0.15) is 0 Å². The molecule has 4 nitrogen and oxygen atoms in total. The minimum absolute atomic E-state index is 0.673. The van der Waals surface area contributed by atoms with E-state index < -0.39 is 0 Å². The van der Waals surface area contributed by atoms with Crippen molar-refractivity contribution in [3.8, 4) is 0 Å². The molecule has 0 spiro atoms. The van der Waals surface area contributed by atoms with Crippen molar-refractivity contribution in [3.05, 3.63) is 11.4 Å². The Balaban J connectivity index is 1.86. The Hall–Kier alpha value is -1.19. The van der Waals surface area contributed by atoms with E-state index in [1.807, 2.05) is 13.8 Å². The summed E-state index contributed by atoms with van der Waals surface area (Å²) in [4.78, 5) is 4.39. The molecule has 17 heavy (non-hydrogen) atoms. The fraction of sp³-hybridized carbons (Fsp3) is 0.769. The number of aryl methyl sites for hydroxylation is 2. The minimum Gasteiger partial charge on any atom is -0.353 e. The van der Waals surface area contributed by atoms with E-state index >= 15 is 0 Å². The standard InChI is InChI=1S/C13H22N4/c1-9-5-4-6-12(7-9)8-14-13-15-10(2)11(3)16-17-13/h9,12H,4-8H2,1-3H3,(H,14,15,17). The SMILES string of the molecule is Cc1nnc(NCC2CCCC(C)C2)nc1C.